The Labute approximate surface area is 135 Å². The Morgan fingerprint density at radius 2 is 1.91 bits per heavy atom. The second kappa shape index (κ2) is 8.14. The third kappa shape index (κ3) is 4.69. The monoisotopic (exact) mass is 315 g/mol. The van der Waals surface area contributed by atoms with E-state index in [2.05, 4.69) is 10.6 Å². The third-order valence-electron chi connectivity index (χ3n) is 3.36. The molecule has 0 spiro atoms. The first-order valence-electron chi connectivity index (χ1n) is 7.48. The molecule has 0 aliphatic carbocycles. The van der Waals surface area contributed by atoms with Crippen LogP contribution < -0.4 is 10.6 Å². The molecule has 2 aromatic rings. The van der Waals surface area contributed by atoms with Crippen LogP contribution in [0.15, 0.2) is 53.1 Å². The van der Waals surface area contributed by atoms with Crippen molar-refractivity contribution in [1.29, 1.82) is 0 Å². The van der Waals surface area contributed by atoms with Crippen LogP contribution in [0.3, 0.4) is 0 Å². The highest BCUT2D eigenvalue weighted by atomic mass is 16.3. The Balaban J connectivity index is 2.17. The number of hydrogen-bond acceptors (Lipinski definition) is 4. The van der Waals surface area contributed by atoms with Crippen LogP contribution in [-0.2, 0) is 11.3 Å². The maximum absolute atomic E-state index is 12.6. The van der Waals surface area contributed by atoms with Crippen molar-refractivity contribution in [3.63, 3.8) is 0 Å². The smallest absolute Gasteiger partial charge is 0.321 e. The van der Waals surface area contributed by atoms with Crippen LogP contribution in [0.5, 0.6) is 0 Å². The number of rotatable bonds is 6. The molecule has 1 aromatic heterocycles. The highest BCUT2D eigenvalue weighted by Gasteiger charge is 2.27. The number of carbonyl (C=O) groups is 2. The van der Waals surface area contributed by atoms with Gasteiger partial charge in [0.05, 0.1) is 12.8 Å². The fraction of sp³-hybridized carbons (Fsp3) is 0.294. The van der Waals surface area contributed by atoms with Crippen molar-refractivity contribution >= 4 is 11.9 Å². The van der Waals surface area contributed by atoms with Crippen molar-refractivity contribution in [2.75, 3.05) is 13.6 Å². The van der Waals surface area contributed by atoms with Crippen molar-refractivity contribution in [1.82, 2.24) is 15.5 Å². The Bertz CT molecular complexity index is 626. The summed E-state index contributed by atoms with van der Waals surface area (Å²) in [5.41, 5.74) is 0.809. The maximum Gasteiger partial charge on any atom is 0.321 e. The minimum absolute atomic E-state index is 0.379. The van der Waals surface area contributed by atoms with Gasteiger partial charge in [0.25, 0.3) is 0 Å². The first kappa shape index (κ1) is 16.8. The van der Waals surface area contributed by atoms with E-state index in [1.54, 1.807) is 19.3 Å². The van der Waals surface area contributed by atoms with Crippen molar-refractivity contribution in [2.24, 2.45) is 0 Å². The molecule has 122 valence electrons. The number of furan rings is 1. The molecule has 2 N–H and O–H groups in total. The van der Waals surface area contributed by atoms with Gasteiger partial charge in [-0.1, -0.05) is 30.3 Å². The molecule has 0 bridgehead atoms. The summed E-state index contributed by atoms with van der Waals surface area (Å²) < 4.78 is 5.34. The summed E-state index contributed by atoms with van der Waals surface area (Å²) in [5, 5.41) is 4.94. The van der Waals surface area contributed by atoms with Gasteiger partial charge in [0, 0.05) is 6.54 Å². The van der Waals surface area contributed by atoms with Crippen LogP contribution >= 0.6 is 0 Å². The molecule has 0 saturated carbocycles. The first-order chi connectivity index (χ1) is 11.1. The van der Waals surface area contributed by atoms with Crippen molar-refractivity contribution in [3.05, 3.63) is 60.1 Å². The predicted molar refractivity (Wildman–Crippen MR) is 86.6 cm³/mol. The number of nitrogens with zero attached hydrogens (tertiary/aromatic N) is 1. The van der Waals surface area contributed by atoms with Crippen LogP contribution in [0.4, 0.5) is 4.79 Å². The Morgan fingerprint density at radius 3 is 2.52 bits per heavy atom. The summed E-state index contributed by atoms with van der Waals surface area (Å²) in [4.78, 5) is 26.0. The van der Waals surface area contributed by atoms with Crippen molar-refractivity contribution < 1.29 is 14.0 Å². The normalized spacial score (nSPS) is 12.0. The lowest BCUT2D eigenvalue weighted by atomic mass is 10.0. The van der Waals surface area contributed by atoms with Crippen molar-refractivity contribution in [2.45, 2.75) is 19.5 Å². The molecule has 6 heteroatoms. The van der Waals surface area contributed by atoms with Gasteiger partial charge in [-0.05, 0) is 31.7 Å². The molecule has 0 aliphatic rings. The van der Waals surface area contributed by atoms with E-state index in [1.165, 1.54) is 0 Å². The van der Waals surface area contributed by atoms with Crippen LogP contribution in [0.25, 0.3) is 0 Å². The first-order valence-corrected chi connectivity index (χ1v) is 7.48. The van der Waals surface area contributed by atoms with E-state index in [9.17, 15) is 9.59 Å². The molecule has 0 radical (unpaired) electrons. The lowest BCUT2D eigenvalue weighted by molar-refractivity contribution is -0.125. The van der Waals surface area contributed by atoms with Gasteiger partial charge in [-0.25, -0.2) is 4.79 Å². The molecular weight excluding hydrogens is 294 g/mol. The molecular formula is C17H21N3O3. The van der Waals surface area contributed by atoms with E-state index in [1.807, 2.05) is 48.3 Å². The molecule has 0 aliphatic heterocycles. The Kier molecular flexibility index (Phi) is 5.94. The fourth-order valence-electron chi connectivity index (χ4n) is 2.37. The Morgan fingerprint density at radius 1 is 1.17 bits per heavy atom. The number of likely N-dealkylation sites (N-methyl/N-ethyl adjacent to an activating group) is 1. The SMILES string of the molecule is CCNC(=O)NC(=O)[C@@H](c1ccccc1)N(C)Cc1ccco1. The van der Waals surface area contributed by atoms with Gasteiger partial charge >= 0.3 is 6.03 Å². The van der Waals surface area contributed by atoms with E-state index < -0.39 is 12.1 Å². The molecule has 23 heavy (non-hydrogen) atoms. The van der Waals surface area contributed by atoms with Crippen molar-refractivity contribution in [3.8, 4) is 0 Å². The lowest BCUT2D eigenvalue weighted by Crippen LogP contribution is -2.45. The zero-order valence-electron chi connectivity index (χ0n) is 13.3. The van der Waals surface area contributed by atoms with Gasteiger partial charge in [0.2, 0.25) is 5.91 Å². The number of hydrogen-bond donors (Lipinski definition) is 2. The van der Waals surface area contributed by atoms with Crippen LogP contribution in [0, 0.1) is 0 Å². The summed E-state index contributed by atoms with van der Waals surface area (Å²) in [6.45, 7) is 2.70. The van der Waals surface area contributed by atoms with E-state index in [0.29, 0.717) is 13.1 Å². The number of carbonyl (C=O) groups excluding carboxylic acids is 2. The quantitative estimate of drug-likeness (QED) is 0.858. The zero-order valence-corrected chi connectivity index (χ0v) is 13.3. The summed E-state index contributed by atoms with van der Waals surface area (Å²) in [5.74, 6) is 0.371. The molecule has 2 rings (SSSR count). The number of imide groups is 1. The maximum atomic E-state index is 12.6. The largest absolute Gasteiger partial charge is 0.468 e. The zero-order chi connectivity index (χ0) is 16.7. The van der Waals surface area contributed by atoms with Gasteiger partial charge in [-0.15, -0.1) is 0 Å². The van der Waals surface area contributed by atoms with E-state index in [-0.39, 0.29) is 5.91 Å². The predicted octanol–water partition coefficient (Wildman–Crippen LogP) is 2.30. The van der Waals surface area contributed by atoms with Gasteiger partial charge < -0.3 is 9.73 Å². The van der Waals surface area contributed by atoms with Gasteiger partial charge in [-0.3, -0.25) is 15.0 Å². The van der Waals surface area contributed by atoms with Gasteiger partial charge in [0.15, 0.2) is 0 Å². The molecule has 0 unspecified atom stereocenters. The third-order valence-corrected chi connectivity index (χ3v) is 3.36. The van der Waals surface area contributed by atoms with Crippen LogP contribution in [0.2, 0.25) is 0 Å². The molecule has 0 fully saturated rings. The fourth-order valence-corrected chi connectivity index (χ4v) is 2.37. The van der Waals surface area contributed by atoms with E-state index in [0.717, 1.165) is 11.3 Å². The molecule has 1 atom stereocenters. The molecule has 6 nitrogen and oxygen atoms in total. The number of amides is 3. The van der Waals surface area contributed by atoms with Crippen LogP contribution in [-0.4, -0.2) is 30.4 Å². The summed E-state index contributed by atoms with van der Waals surface area (Å²) in [7, 11) is 1.82. The average Bonchev–Trinajstić information content (AvgIpc) is 3.01. The number of benzene rings is 1. The lowest BCUT2D eigenvalue weighted by Gasteiger charge is -2.26. The summed E-state index contributed by atoms with van der Waals surface area (Å²) in [6.07, 6.45) is 1.59. The van der Waals surface area contributed by atoms with Gasteiger partial charge in [-0.2, -0.15) is 0 Å². The highest BCUT2D eigenvalue weighted by Crippen LogP contribution is 2.21. The Hall–Kier alpha value is -2.60. The van der Waals surface area contributed by atoms with Gasteiger partial charge in [0.1, 0.15) is 11.8 Å². The summed E-state index contributed by atoms with van der Waals surface area (Å²) >= 11 is 0. The average molecular weight is 315 g/mol. The minimum atomic E-state index is -0.594. The summed E-state index contributed by atoms with van der Waals surface area (Å²) in [6, 6.07) is 11.9. The number of nitrogens with one attached hydrogen (secondary N) is 2. The van der Waals surface area contributed by atoms with E-state index in [4.69, 9.17) is 4.42 Å². The standard InChI is InChI=1S/C17H21N3O3/c1-3-18-17(22)19-16(21)15(13-8-5-4-6-9-13)20(2)12-14-10-7-11-23-14/h4-11,15H,3,12H2,1-2H3,(H2,18,19,21,22)/t15-/m1/s1. The number of urea groups is 1. The topological polar surface area (TPSA) is 74.6 Å². The molecule has 1 heterocycles. The second-order valence-electron chi connectivity index (χ2n) is 5.16. The molecule has 3 amide bonds. The van der Waals surface area contributed by atoms with E-state index >= 15 is 0 Å². The molecule has 0 saturated heterocycles. The highest BCUT2D eigenvalue weighted by molar-refractivity contribution is 5.97. The molecule has 1 aromatic carbocycles. The second-order valence-corrected chi connectivity index (χ2v) is 5.16. The van der Waals surface area contributed by atoms with Crippen LogP contribution in [0.1, 0.15) is 24.3 Å². The minimum Gasteiger partial charge on any atom is -0.468 e.